The van der Waals surface area contributed by atoms with E-state index in [1.54, 1.807) is 31.3 Å². The van der Waals surface area contributed by atoms with E-state index < -0.39 is 0 Å². The number of halogens is 1. The van der Waals surface area contributed by atoms with Crippen LogP contribution in [0.5, 0.6) is 0 Å². The highest BCUT2D eigenvalue weighted by molar-refractivity contribution is 6.30. The number of likely N-dealkylation sites (N-methyl/N-ethyl adjacent to an activating group) is 1. The van der Waals surface area contributed by atoms with Crippen molar-refractivity contribution in [1.82, 2.24) is 4.90 Å². The van der Waals surface area contributed by atoms with Crippen molar-refractivity contribution >= 4 is 29.1 Å². The van der Waals surface area contributed by atoms with Crippen LogP contribution in [0.3, 0.4) is 0 Å². The molecule has 1 heterocycles. The van der Waals surface area contributed by atoms with Crippen LogP contribution in [-0.2, 0) is 17.8 Å². The molecule has 0 atom stereocenters. The molecule has 2 aromatic carbocycles. The van der Waals surface area contributed by atoms with Gasteiger partial charge in [-0.15, -0.1) is 0 Å². The predicted molar refractivity (Wildman–Crippen MR) is 99.9 cm³/mol. The number of rotatable bonds is 3. The minimum atomic E-state index is -0.191. The van der Waals surface area contributed by atoms with Crippen LogP contribution >= 0.6 is 11.6 Å². The molecule has 0 aromatic heterocycles. The molecule has 0 fully saturated rings. The lowest BCUT2D eigenvalue weighted by Crippen LogP contribution is -2.36. The Hall–Kier alpha value is -2.59. The quantitative estimate of drug-likeness (QED) is 0.789. The van der Waals surface area contributed by atoms with E-state index in [-0.39, 0.29) is 11.8 Å². The molecule has 0 N–H and O–H groups in total. The van der Waals surface area contributed by atoms with E-state index in [4.69, 9.17) is 11.6 Å². The Bertz CT molecular complexity index is 830. The Kier molecular flexibility index (Phi) is 4.91. The molecule has 0 saturated carbocycles. The van der Waals surface area contributed by atoms with Crippen LogP contribution in [0.4, 0.5) is 5.69 Å². The molecule has 0 saturated heterocycles. The summed E-state index contributed by atoms with van der Waals surface area (Å²) in [5.41, 5.74) is 3.67. The molecule has 0 spiro atoms. The predicted octanol–water partition coefficient (Wildman–Crippen LogP) is 3.69. The summed E-state index contributed by atoms with van der Waals surface area (Å²) in [4.78, 5) is 27.7. The maximum absolute atomic E-state index is 12.8. The average Bonchev–Trinajstić information content (AvgIpc) is 2.65. The van der Waals surface area contributed by atoms with Crippen LogP contribution in [0.1, 0.15) is 21.5 Å². The summed E-state index contributed by atoms with van der Waals surface area (Å²) in [6, 6.07) is 12.9. The summed E-state index contributed by atoms with van der Waals surface area (Å²) < 4.78 is 0. The van der Waals surface area contributed by atoms with Crippen molar-refractivity contribution in [3.05, 3.63) is 76.8 Å². The minimum Gasteiger partial charge on any atom is -0.334 e. The normalized spacial score (nSPS) is 13.1. The third-order valence-electron chi connectivity index (χ3n) is 4.47. The summed E-state index contributed by atoms with van der Waals surface area (Å²) in [7, 11) is 1.67. The van der Waals surface area contributed by atoms with Crippen LogP contribution in [0.15, 0.2) is 55.1 Å². The zero-order chi connectivity index (χ0) is 18.0. The minimum absolute atomic E-state index is 0.0186. The van der Waals surface area contributed by atoms with Gasteiger partial charge in [0, 0.05) is 36.4 Å². The highest BCUT2D eigenvalue weighted by Crippen LogP contribution is 2.24. The average molecular weight is 355 g/mol. The Morgan fingerprint density at radius 1 is 1.16 bits per heavy atom. The summed E-state index contributed by atoms with van der Waals surface area (Å²) in [5.74, 6) is -0.210. The molecular weight excluding hydrogens is 336 g/mol. The van der Waals surface area contributed by atoms with Gasteiger partial charge in [-0.2, -0.15) is 0 Å². The van der Waals surface area contributed by atoms with Crippen molar-refractivity contribution in [1.29, 1.82) is 0 Å². The first-order chi connectivity index (χ1) is 12.0. The second-order valence-electron chi connectivity index (χ2n) is 6.04. The second kappa shape index (κ2) is 7.11. The second-order valence-corrected chi connectivity index (χ2v) is 6.47. The van der Waals surface area contributed by atoms with E-state index in [9.17, 15) is 9.59 Å². The van der Waals surface area contributed by atoms with Crippen LogP contribution < -0.4 is 4.90 Å². The third kappa shape index (κ3) is 3.59. The van der Waals surface area contributed by atoms with Gasteiger partial charge in [-0.1, -0.05) is 24.2 Å². The van der Waals surface area contributed by atoms with Crippen molar-refractivity contribution < 1.29 is 9.59 Å². The van der Waals surface area contributed by atoms with Crippen LogP contribution in [0.2, 0.25) is 5.02 Å². The van der Waals surface area contributed by atoms with Gasteiger partial charge >= 0.3 is 0 Å². The molecule has 4 nitrogen and oxygen atoms in total. The lowest BCUT2D eigenvalue weighted by Gasteiger charge is -2.29. The first-order valence-corrected chi connectivity index (χ1v) is 8.44. The SMILES string of the molecule is C=CC(=O)N(C)c1ccc(C(=O)N2CCc3ccc(Cl)cc3C2)cc1. The molecule has 2 amide bonds. The summed E-state index contributed by atoms with van der Waals surface area (Å²) in [6.07, 6.45) is 2.09. The highest BCUT2D eigenvalue weighted by atomic mass is 35.5. The van der Waals surface area contributed by atoms with E-state index in [2.05, 4.69) is 6.58 Å². The van der Waals surface area contributed by atoms with E-state index in [0.717, 1.165) is 17.7 Å². The lowest BCUT2D eigenvalue weighted by molar-refractivity contribution is -0.113. The van der Waals surface area contributed by atoms with Crippen molar-refractivity contribution in [2.75, 3.05) is 18.5 Å². The number of fused-ring (bicyclic) bond motifs is 1. The number of nitrogens with zero attached hydrogens (tertiary/aromatic N) is 2. The Balaban J connectivity index is 1.75. The van der Waals surface area contributed by atoms with E-state index in [0.29, 0.717) is 23.7 Å². The lowest BCUT2D eigenvalue weighted by atomic mass is 9.99. The molecule has 3 rings (SSSR count). The fourth-order valence-electron chi connectivity index (χ4n) is 2.97. The number of hydrogen-bond donors (Lipinski definition) is 0. The third-order valence-corrected chi connectivity index (χ3v) is 4.71. The van der Waals surface area contributed by atoms with Crippen molar-refractivity contribution in [3.63, 3.8) is 0 Å². The molecule has 128 valence electrons. The highest BCUT2D eigenvalue weighted by Gasteiger charge is 2.22. The number of amides is 2. The monoisotopic (exact) mass is 354 g/mol. The molecule has 0 bridgehead atoms. The van der Waals surface area contributed by atoms with Crippen LogP contribution in [0, 0.1) is 0 Å². The molecule has 25 heavy (non-hydrogen) atoms. The van der Waals surface area contributed by atoms with Gasteiger partial charge in [-0.25, -0.2) is 0 Å². The molecular formula is C20H19ClN2O2. The van der Waals surface area contributed by atoms with Gasteiger partial charge in [-0.05, 0) is 60.0 Å². The van der Waals surface area contributed by atoms with E-state index in [1.165, 1.54) is 16.5 Å². The summed E-state index contributed by atoms with van der Waals surface area (Å²) >= 11 is 6.06. The molecule has 5 heteroatoms. The molecule has 2 aromatic rings. The molecule has 1 aliphatic rings. The van der Waals surface area contributed by atoms with Gasteiger partial charge < -0.3 is 9.80 Å². The zero-order valence-electron chi connectivity index (χ0n) is 14.0. The van der Waals surface area contributed by atoms with Crippen LogP contribution in [-0.4, -0.2) is 30.3 Å². The van der Waals surface area contributed by atoms with E-state index >= 15 is 0 Å². The summed E-state index contributed by atoms with van der Waals surface area (Å²) in [6.45, 7) is 4.72. The standard InChI is InChI=1S/C20H19ClN2O2/c1-3-19(24)22(2)18-8-5-15(6-9-18)20(25)23-11-10-14-4-7-17(21)12-16(14)13-23/h3-9,12H,1,10-11,13H2,2H3. The Morgan fingerprint density at radius 3 is 2.56 bits per heavy atom. The number of carbonyl (C=O) groups excluding carboxylic acids is 2. The van der Waals surface area contributed by atoms with Gasteiger partial charge in [0.05, 0.1) is 0 Å². The van der Waals surface area contributed by atoms with Gasteiger partial charge in [0.2, 0.25) is 5.91 Å². The topological polar surface area (TPSA) is 40.6 Å². The maximum atomic E-state index is 12.8. The number of hydrogen-bond acceptors (Lipinski definition) is 2. The Morgan fingerprint density at radius 2 is 1.88 bits per heavy atom. The number of benzene rings is 2. The molecule has 0 unspecified atom stereocenters. The maximum Gasteiger partial charge on any atom is 0.254 e. The Labute approximate surface area is 152 Å². The molecule has 0 aliphatic carbocycles. The molecule has 1 aliphatic heterocycles. The van der Waals surface area contributed by atoms with Crippen molar-refractivity contribution in [2.45, 2.75) is 13.0 Å². The first kappa shape index (κ1) is 17.2. The van der Waals surface area contributed by atoms with Gasteiger partial charge in [0.15, 0.2) is 0 Å². The largest absolute Gasteiger partial charge is 0.334 e. The smallest absolute Gasteiger partial charge is 0.254 e. The summed E-state index contributed by atoms with van der Waals surface area (Å²) in [5, 5.41) is 0.687. The molecule has 0 radical (unpaired) electrons. The van der Waals surface area contributed by atoms with Crippen molar-refractivity contribution in [3.8, 4) is 0 Å². The number of anilines is 1. The fourth-order valence-corrected chi connectivity index (χ4v) is 3.17. The van der Waals surface area contributed by atoms with Gasteiger partial charge in [0.1, 0.15) is 0 Å². The van der Waals surface area contributed by atoms with E-state index in [1.807, 2.05) is 23.1 Å². The fraction of sp³-hybridized carbons (Fsp3) is 0.200. The van der Waals surface area contributed by atoms with Crippen molar-refractivity contribution in [2.24, 2.45) is 0 Å². The van der Waals surface area contributed by atoms with Crippen LogP contribution in [0.25, 0.3) is 0 Å². The first-order valence-electron chi connectivity index (χ1n) is 8.06. The zero-order valence-corrected chi connectivity index (χ0v) is 14.8. The van der Waals surface area contributed by atoms with Gasteiger partial charge in [0.25, 0.3) is 5.91 Å². The van der Waals surface area contributed by atoms with Gasteiger partial charge in [-0.3, -0.25) is 9.59 Å². The number of carbonyl (C=O) groups is 2.